The van der Waals surface area contributed by atoms with Crippen LogP contribution in [0.15, 0.2) is 18.2 Å². The van der Waals surface area contributed by atoms with E-state index in [1.807, 2.05) is 32.0 Å². The van der Waals surface area contributed by atoms with Crippen LogP contribution in [-0.4, -0.2) is 45.5 Å². The van der Waals surface area contributed by atoms with Gasteiger partial charge in [-0.3, -0.25) is 10.9 Å². The van der Waals surface area contributed by atoms with Crippen molar-refractivity contribution < 1.29 is 17.9 Å². The molecule has 0 aliphatic carbocycles. The maximum atomic E-state index is 12.4. The predicted octanol–water partition coefficient (Wildman–Crippen LogP) is 0.953. The van der Waals surface area contributed by atoms with Gasteiger partial charge in [-0.15, -0.1) is 0 Å². The molecular weight excluding hydrogens is 342 g/mol. The van der Waals surface area contributed by atoms with Gasteiger partial charge in [-0.2, -0.15) is 0 Å². The first-order valence-electron chi connectivity index (χ1n) is 8.85. The number of nitrogens with one attached hydrogen (secondary N) is 3. The van der Waals surface area contributed by atoms with Gasteiger partial charge in [-0.05, 0) is 50.8 Å². The van der Waals surface area contributed by atoms with Gasteiger partial charge in [-0.1, -0.05) is 6.07 Å². The van der Waals surface area contributed by atoms with Gasteiger partial charge in [0, 0.05) is 18.6 Å². The number of aryl methyl sites for hydroxylation is 1. The molecule has 0 spiro atoms. The van der Waals surface area contributed by atoms with E-state index < -0.39 is 15.3 Å². The normalized spacial score (nSPS) is 25.9. The summed E-state index contributed by atoms with van der Waals surface area (Å²) in [5.41, 5.74) is 7.14. The number of ether oxygens (including phenoxy) is 2. The van der Waals surface area contributed by atoms with E-state index in [1.165, 1.54) is 5.56 Å². The Kier molecular flexibility index (Phi) is 5.83. The van der Waals surface area contributed by atoms with Crippen molar-refractivity contribution in [1.29, 1.82) is 0 Å². The number of rotatable bonds is 7. The van der Waals surface area contributed by atoms with Crippen molar-refractivity contribution in [2.45, 2.75) is 50.4 Å². The Labute approximate surface area is 149 Å². The number of benzene rings is 1. The number of hydrazine groups is 1. The smallest absolute Gasteiger partial charge is 0.217 e. The molecule has 2 atom stereocenters. The molecule has 1 fully saturated rings. The molecule has 140 valence electrons. The van der Waals surface area contributed by atoms with Crippen molar-refractivity contribution in [2.24, 2.45) is 0 Å². The van der Waals surface area contributed by atoms with Crippen LogP contribution >= 0.6 is 0 Å². The van der Waals surface area contributed by atoms with Crippen LogP contribution < -0.4 is 25.0 Å². The molecule has 0 saturated carbocycles. The minimum Gasteiger partial charge on any atom is -0.486 e. The summed E-state index contributed by atoms with van der Waals surface area (Å²) in [6.07, 6.45) is 2.59. The van der Waals surface area contributed by atoms with Crippen molar-refractivity contribution in [3.05, 3.63) is 23.8 Å². The lowest BCUT2D eigenvalue weighted by molar-refractivity contribution is 0.171. The number of sulfonamides is 1. The van der Waals surface area contributed by atoms with Gasteiger partial charge in [0.15, 0.2) is 11.5 Å². The third-order valence-corrected chi connectivity index (χ3v) is 6.82. The van der Waals surface area contributed by atoms with E-state index in [4.69, 9.17) is 9.47 Å². The molecule has 2 heterocycles. The zero-order chi connectivity index (χ0) is 17.9. The highest BCUT2D eigenvalue weighted by molar-refractivity contribution is 7.90. The third-order valence-electron chi connectivity index (χ3n) is 4.68. The lowest BCUT2D eigenvalue weighted by Gasteiger charge is -2.19. The van der Waals surface area contributed by atoms with Crippen LogP contribution in [0.25, 0.3) is 0 Å². The summed E-state index contributed by atoms with van der Waals surface area (Å²) in [5, 5.41) is -0.453. The lowest BCUT2D eigenvalue weighted by Crippen LogP contribution is -2.44. The minimum atomic E-state index is -3.33. The van der Waals surface area contributed by atoms with E-state index in [0.717, 1.165) is 30.8 Å². The standard InChI is InChI=1S/C17H27N3O4S/c1-12-17(13(2)20-19-12)25(21,22)18-8-4-3-5-14-6-7-15-16(11-14)24-10-9-23-15/h6-7,11-13,17-20H,3-5,8-10H2,1-2H3. The van der Waals surface area contributed by atoms with E-state index >= 15 is 0 Å². The topological polar surface area (TPSA) is 88.7 Å². The quantitative estimate of drug-likeness (QED) is 0.620. The predicted molar refractivity (Wildman–Crippen MR) is 96.3 cm³/mol. The monoisotopic (exact) mass is 369 g/mol. The highest BCUT2D eigenvalue weighted by Crippen LogP contribution is 2.31. The second-order valence-electron chi connectivity index (χ2n) is 6.71. The van der Waals surface area contributed by atoms with Crippen LogP contribution in [0.1, 0.15) is 32.3 Å². The minimum absolute atomic E-state index is 0.106. The Hall–Kier alpha value is -1.35. The fourth-order valence-electron chi connectivity index (χ4n) is 3.41. The van der Waals surface area contributed by atoms with Crippen LogP contribution in [-0.2, 0) is 16.4 Å². The van der Waals surface area contributed by atoms with Gasteiger partial charge in [0.25, 0.3) is 0 Å². The molecule has 25 heavy (non-hydrogen) atoms. The summed E-state index contributed by atoms with van der Waals surface area (Å²) < 4.78 is 38.7. The van der Waals surface area contributed by atoms with Crippen molar-refractivity contribution in [3.8, 4) is 11.5 Å². The number of fused-ring (bicyclic) bond motifs is 1. The summed E-state index contributed by atoms with van der Waals surface area (Å²) in [7, 11) is -3.33. The Morgan fingerprint density at radius 3 is 2.48 bits per heavy atom. The molecule has 0 bridgehead atoms. The van der Waals surface area contributed by atoms with Crippen LogP contribution in [0.2, 0.25) is 0 Å². The van der Waals surface area contributed by atoms with E-state index in [1.54, 1.807) is 0 Å². The van der Waals surface area contributed by atoms with Gasteiger partial charge < -0.3 is 9.47 Å². The molecule has 1 aromatic carbocycles. The first-order chi connectivity index (χ1) is 12.0. The highest BCUT2D eigenvalue weighted by atomic mass is 32.2. The Balaban J connectivity index is 1.43. The van der Waals surface area contributed by atoms with Crippen molar-refractivity contribution in [3.63, 3.8) is 0 Å². The Morgan fingerprint density at radius 2 is 1.76 bits per heavy atom. The number of hydrogen-bond acceptors (Lipinski definition) is 6. The molecule has 8 heteroatoms. The molecule has 0 radical (unpaired) electrons. The summed E-state index contributed by atoms with van der Waals surface area (Å²) in [4.78, 5) is 0. The van der Waals surface area contributed by atoms with Crippen molar-refractivity contribution >= 4 is 10.0 Å². The van der Waals surface area contributed by atoms with Crippen LogP contribution in [0.4, 0.5) is 0 Å². The fourth-order valence-corrected chi connectivity index (χ4v) is 5.24. The molecule has 2 unspecified atom stereocenters. The van der Waals surface area contributed by atoms with Crippen LogP contribution in [0.3, 0.4) is 0 Å². The van der Waals surface area contributed by atoms with E-state index in [2.05, 4.69) is 15.6 Å². The zero-order valence-electron chi connectivity index (χ0n) is 14.7. The molecule has 3 rings (SSSR count). The molecule has 2 aliphatic rings. The van der Waals surface area contributed by atoms with Crippen LogP contribution in [0, 0.1) is 0 Å². The highest BCUT2D eigenvalue weighted by Gasteiger charge is 2.39. The van der Waals surface area contributed by atoms with E-state index in [-0.39, 0.29) is 12.1 Å². The summed E-state index contributed by atoms with van der Waals surface area (Å²) in [6.45, 7) is 5.39. The van der Waals surface area contributed by atoms with Gasteiger partial charge >= 0.3 is 0 Å². The maximum absolute atomic E-state index is 12.4. The van der Waals surface area contributed by atoms with E-state index in [9.17, 15) is 8.42 Å². The zero-order valence-corrected chi connectivity index (χ0v) is 15.6. The Morgan fingerprint density at radius 1 is 1.08 bits per heavy atom. The van der Waals surface area contributed by atoms with E-state index in [0.29, 0.717) is 19.8 Å². The van der Waals surface area contributed by atoms with Gasteiger partial charge in [-0.25, -0.2) is 13.1 Å². The van der Waals surface area contributed by atoms with Crippen LogP contribution in [0.5, 0.6) is 11.5 Å². The molecule has 7 nitrogen and oxygen atoms in total. The molecule has 1 saturated heterocycles. The summed E-state index contributed by atoms with van der Waals surface area (Å²) >= 11 is 0. The van der Waals surface area contributed by atoms with Crippen molar-refractivity contribution in [2.75, 3.05) is 19.8 Å². The molecule has 0 aromatic heterocycles. The second-order valence-corrected chi connectivity index (χ2v) is 8.63. The molecule has 1 aromatic rings. The average Bonchev–Trinajstić information content (AvgIpc) is 2.93. The average molecular weight is 369 g/mol. The van der Waals surface area contributed by atoms with Gasteiger partial charge in [0.05, 0.1) is 0 Å². The largest absolute Gasteiger partial charge is 0.486 e. The molecule has 0 amide bonds. The first kappa shape index (κ1) is 18.4. The summed E-state index contributed by atoms with van der Waals surface area (Å²) in [6, 6.07) is 5.78. The third kappa shape index (κ3) is 4.44. The molecule has 2 aliphatic heterocycles. The number of unbranched alkanes of at least 4 members (excludes halogenated alkanes) is 1. The SMILES string of the molecule is CC1NNC(C)C1S(=O)(=O)NCCCCc1ccc2c(c1)OCCO2. The molecular formula is C17H27N3O4S. The lowest BCUT2D eigenvalue weighted by atomic mass is 10.1. The fraction of sp³-hybridized carbons (Fsp3) is 0.647. The first-order valence-corrected chi connectivity index (χ1v) is 10.4. The van der Waals surface area contributed by atoms with Crippen molar-refractivity contribution in [1.82, 2.24) is 15.6 Å². The second kappa shape index (κ2) is 7.90. The number of hydrogen-bond donors (Lipinski definition) is 3. The Bertz CT molecular complexity index is 685. The summed E-state index contributed by atoms with van der Waals surface area (Å²) in [5.74, 6) is 1.60. The van der Waals surface area contributed by atoms with Gasteiger partial charge in [0.2, 0.25) is 10.0 Å². The molecule has 3 N–H and O–H groups in total. The maximum Gasteiger partial charge on any atom is 0.217 e. The van der Waals surface area contributed by atoms with Gasteiger partial charge in [0.1, 0.15) is 18.5 Å².